The van der Waals surface area contributed by atoms with Gasteiger partial charge in [-0.25, -0.2) is 0 Å². The summed E-state index contributed by atoms with van der Waals surface area (Å²) in [6.07, 6.45) is -4.15. The Kier molecular flexibility index (Phi) is 4.36. The van der Waals surface area contributed by atoms with Gasteiger partial charge in [-0.2, -0.15) is 13.2 Å². The van der Waals surface area contributed by atoms with Crippen molar-refractivity contribution in [1.29, 1.82) is 0 Å². The Hall–Kier alpha value is -0.120. The lowest BCUT2D eigenvalue weighted by Crippen LogP contribution is -2.32. The van der Waals surface area contributed by atoms with E-state index in [0.29, 0.717) is 4.91 Å². The van der Waals surface area contributed by atoms with Crippen molar-refractivity contribution in [3.8, 4) is 0 Å². The Bertz CT molecular complexity index is 182. The zero-order valence-corrected chi connectivity index (χ0v) is 8.98. The summed E-state index contributed by atoms with van der Waals surface area (Å²) in [4.78, 5) is 0.602. The van der Waals surface area contributed by atoms with Gasteiger partial charge >= 0.3 is 6.18 Å². The summed E-state index contributed by atoms with van der Waals surface area (Å²) >= 11 is 1.38. The molecule has 0 saturated carbocycles. The Morgan fingerprint density at radius 1 is 1.31 bits per heavy atom. The zero-order chi connectivity index (χ0) is 10.7. The summed E-state index contributed by atoms with van der Waals surface area (Å²) < 4.78 is 37.2. The average molecular weight is 212 g/mol. The van der Waals surface area contributed by atoms with Crippen molar-refractivity contribution in [3.63, 3.8) is 0 Å². The third-order valence-corrected chi connectivity index (χ3v) is 2.60. The van der Waals surface area contributed by atoms with Gasteiger partial charge in [-0.1, -0.05) is 27.4 Å². The highest BCUT2D eigenvalue weighted by molar-refractivity contribution is 8.03. The number of halogens is 3. The second-order valence-electron chi connectivity index (χ2n) is 3.53. The number of hydrogen-bond donors (Lipinski definition) is 0. The summed E-state index contributed by atoms with van der Waals surface area (Å²) in [6.45, 7) is 7.91. The van der Waals surface area contributed by atoms with E-state index in [1.807, 2.05) is 6.92 Å². The first-order valence-electron chi connectivity index (χ1n) is 4.08. The number of alkyl halides is 3. The first-order valence-corrected chi connectivity index (χ1v) is 5.06. The molecule has 4 heteroatoms. The van der Waals surface area contributed by atoms with Crippen LogP contribution in [0.2, 0.25) is 0 Å². The second kappa shape index (κ2) is 4.40. The van der Waals surface area contributed by atoms with Gasteiger partial charge in [0.05, 0.1) is 5.41 Å². The number of hydrogen-bond acceptors (Lipinski definition) is 1. The monoisotopic (exact) mass is 212 g/mol. The zero-order valence-electron chi connectivity index (χ0n) is 8.16. The molecule has 0 bridgehead atoms. The van der Waals surface area contributed by atoms with Gasteiger partial charge in [-0.3, -0.25) is 0 Å². The largest absolute Gasteiger partial charge is 0.394 e. The molecule has 0 aromatic heterocycles. The van der Waals surface area contributed by atoms with Crippen molar-refractivity contribution in [2.24, 2.45) is 5.41 Å². The smallest absolute Gasteiger partial charge is 0.171 e. The minimum Gasteiger partial charge on any atom is -0.171 e. The maximum absolute atomic E-state index is 12.4. The molecular weight excluding hydrogens is 197 g/mol. The lowest BCUT2D eigenvalue weighted by atomic mass is 9.89. The molecule has 0 aliphatic heterocycles. The van der Waals surface area contributed by atoms with Gasteiger partial charge in [-0.15, -0.1) is 11.8 Å². The Morgan fingerprint density at radius 3 is 2.08 bits per heavy atom. The third kappa shape index (κ3) is 4.07. The fourth-order valence-corrected chi connectivity index (χ4v) is 1.72. The molecule has 0 unspecified atom stereocenters. The summed E-state index contributed by atoms with van der Waals surface area (Å²) in [5.41, 5.74) is -1.66. The van der Waals surface area contributed by atoms with Crippen LogP contribution in [0.25, 0.3) is 0 Å². The van der Waals surface area contributed by atoms with Crippen molar-refractivity contribution >= 4 is 11.8 Å². The predicted molar refractivity (Wildman–Crippen MR) is 51.7 cm³/mol. The van der Waals surface area contributed by atoms with Crippen molar-refractivity contribution in [3.05, 3.63) is 11.5 Å². The molecule has 0 rings (SSSR count). The molecule has 0 aliphatic rings. The third-order valence-electron chi connectivity index (χ3n) is 1.75. The van der Waals surface area contributed by atoms with E-state index in [2.05, 4.69) is 6.58 Å². The number of thioether (sulfide) groups is 1. The van der Waals surface area contributed by atoms with E-state index in [1.54, 1.807) is 0 Å². The van der Waals surface area contributed by atoms with Gasteiger partial charge in [0.15, 0.2) is 0 Å². The SMILES string of the molecule is C=C(CC(C)(C)C(F)(F)F)SCC. The molecule has 0 aromatic carbocycles. The summed E-state index contributed by atoms with van der Waals surface area (Å²) in [7, 11) is 0. The first kappa shape index (κ1) is 12.9. The number of allylic oxidation sites excluding steroid dienone is 1. The van der Waals surface area contributed by atoms with Gasteiger partial charge in [-0.05, 0) is 17.1 Å². The van der Waals surface area contributed by atoms with Crippen LogP contribution in [0.5, 0.6) is 0 Å². The van der Waals surface area contributed by atoms with E-state index in [9.17, 15) is 13.2 Å². The van der Waals surface area contributed by atoms with E-state index >= 15 is 0 Å². The molecule has 0 radical (unpaired) electrons. The molecule has 0 heterocycles. The van der Waals surface area contributed by atoms with Crippen LogP contribution in [-0.2, 0) is 0 Å². The lowest BCUT2D eigenvalue weighted by molar-refractivity contribution is -0.210. The molecule has 0 N–H and O–H groups in total. The maximum Gasteiger partial charge on any atom is 0.394 e. The Labute approximate surface area is 81.6 Å². The van der Waals surface area contributed by atoms with Gasteiger partial charge in [0.2, 0.25) is 0 Å². The molecule has 0 saturated heterocycles. The molecule has 0 spiro atoms. The average Bonchev–Trinajstić information content (AvgIpc) is 1.83. The van der Waals surface area contributed by atoms with Crippen LogP contribution >= 0.6 is 11.8 Å². The highest BCUT2D eigenvalue weighted by atomic mass is 32.2. The van der Waals surface area contributed by atoms with E-state index in [-0.39, 0.29) is 6.42 Å². The predicted octanol–water partition coefficient (Wildman–Crippen LogP) is 4.23. The van der Waals surface area contributed by atoms with E-state index in [0.717, 1.165) is 5.75 Å². The minimum atomic E-state index is -4.15. The molecule has 13 heavy (non-hydrogen) atoms. The highest BCUT2D eigenvalue weighted by Gasteiger charge is 2.47. The fourth-order valence-electron chi connectivity index (χ4n) is 0.848. The molecular formula is C9H15F3S. The molecule has 0 aliphatic carbocycles. The summed E-state index contributed by atoms with van der Waals surface area (Å²) in [5.74, 6) is 0.771. The van der Waals surface area contributed by atoms with Crippen molar-refractivity contribution < 1.29 is 13.2 Å². The molecule has 0 nitrogen and oxygen atoms in total. The highest BCUT2D eigenvalue weighted by Crippen LogP contribution is 2.43. The Balaban J connectivity index is 4.26. The fraction of sp³-hybridized carbons (Fsp3) is 0.778. The normalized spacial score (nSPS) is 13.1. The summed E-state index contributed by atoms with van der Waals surface area (Å²) in [5, 5.41) is 0. The standard InChI is InChI=1S/C9H15F3S/c1-5-13-7(2)6-8(3,4)9(10,11)12/h2,5-6H2,1,3-4H3. The van der Waals surface area contributed by atoms with Gasteiger partial charge < -0.3 is 0 Å². The van der Waals surface area contributed by atoms with Crippen molar-refractivity contribution in [2.45, 2.75) is 33.4 Å². The quantitative estimate of drug-likeness (QED) is 0.672. The van der Waals surface area contributed by atoms with Crippen LogP contribution in [0.15, 0.2) is 11.5 Å². The molecule has 0 amide bonds. The van der Waals surface area contributed by atoms with Crippen LogP contribution in [0.3, 0.4) is 0 Å². The van der Waals surface area contributed by atoms with Gasteiger partial charge in [0.1, 0.15) is 0 Å². The van der Waals surface area contributed by atoms with Gasteiger partial charge in [0.25, 0.3) is 0 Å². The van der Waals surface area contributed by atoms with Crippen molar-refractivity contribution in [2.75, 3.05) is 5.75 Å². The number of rotatable bonds is 4. The van der Waals surface area contributed by atoms with Crippen LogP contribution < -0.4 is 0 Å². The van der Waals surface area contributed by atoms with Gasteiger partial charge in [0, 0.05) is 0 Å². The van der Waals surface area contributed by atoms with Crippen LogP contribution in [-0.4, -0.2) is 11.9 Å². The first-order chi connectivity index (χ1) is 5.70. The van der Waals surface area contributed by atoms with Crippen LogP contribution in [0, 0.1) is 5.41 Å². The van der Waals surface area contributed by atoms with E-state index in [4.69, 9.17) is 0 Å². The maximum atomic E-state index is 12.4. The molecule has 0 atom stereocenters. The molecule has 0 aromatic rings. The minimum absolute atomic E-state index is 0.00495. The van der Waals surface area contributed by atoms with E-state index < -0.39 is 11.6 Å². The molecule has 0 fully saturated rings. The van der Waals surface area contributed by atoms with Crippen molar-refractivity contribution in [1.82, 2.24) is 0 Å². The van der Waals surface area contributed by atoms with Crippen LogP contribution in [0.4, 0.5) is 13.2 Å². The Morgan fingerprint density at radius 2 is 1.77 bits per heavy atom. The lowest BCUT2D eigenvalue weighted by Gasteiger charge is -2.28. The summed E-state index contributed by atoms with van der Waals surface area (Å²) in [6, 6.07) is 0. The van der Waals surface area contributed by atoms with Crippen LogP contribution in [0.1, 0.15) is 27.2 Å². The second-order valence-corrected chi connectivity index (χ2v) is 4.97. The van der Waals surface area contributed by atoms with E-state index in [1.165, 1.54) is 25.6 Å². The topological polar surface area (TPSA) is 0 Å². The molecule has 78 valence electrons.